The van der Waals surface area contributed by atoms with E-state index in [1.807, 2.05) is 13.1 Å². The van der Waals surface area contributed by atoms with Crippen LogP contribution in [0.1, 0.15) is 49.3 Å². The van der Waals surface area contributed by atoms with E-state index in [0.29, 0.717) is 0 Å². The highest BCUT2D eigenvalue weighted by Crippen LogP contribution is 2.27. The van der Waals surface area contributed by atoms with Crippen LogP contribution in [-0.2, 0) is 6.42 Å². The van der Waals surface area contributed by atoms with E-state index in [2.05, 4.69) is 36.2 Å². The Hall–Kier alpha value is -1.57. The van der Waals surface area contributed by atoms with Crippen molar-refractivity contribution in [1.82, 2.24) is 0 Å². The summed E-state index contributed by atoms with van der Waals surface area (Å²) in [5.74, 6) is 2.03. The summed E-state index contributed by atoms with van der Waals surface area (Å²) < 4.78 is 5.93. The zero-order chi connectivity index (χ0) is 12.1. The highest BCUT2D eigenvalue weighted by molar-refractivity contribution is 5.89. The van der Waals surface area contributed by atoms with E-state index < -0.39 is 0 Å². The fraction of sp³-hybridized carbons (Fsp3) is 0.400. The Morgan fingerprint density at radius 2 is 2.12 bits per heavy atom. The molecule has 0 N–H and O–H groups in total. The second-order valence-corrected chi connectivity index (χ2v) is 4.14. The monoisotopic (exact) mass is 229 g/mol. The third-order valence-corrected chi connectivity index (χ3v) is 2.80. The van der Waals surface area contributed by atoms with Crippen molar-refractivity contribution < 1.29 is 4.42 Å². The van der Waals surface area contributed by atoms with Gasteiger partial charge in [-0.2, -0.15) is 0 Å². The predicted octanol–water partition coefficient (Wildman–Crippen LogP) is 4.10. The molecule has 0 spiro atoms. The van der Waals surface area contributed by atoms with Crippen LogP contribution in [0.15, 0.2) is 21.6 Å². The molecule has 1 aliphatic carbocycles. The van der Waals surface area contributed by atoms with Crippen LogP contribution in [0.25, 0.3) is 12.2 Å². The summed E-state index contributed by atoms with van der Waals surface area (Å²) in [5, 5.41) is 0. The summed E-state index contributed by atoms with van der Waals surface area (Å²) in [7, 11) is 0. The molecule has 1 aromatic heterocycles. The van der Waals surface area contributed by atoms with Gasteiger partial charge in [-0.3, -0.25) is 4.99 Å². The maximum Gasteiger partial charge on any atom is 0.134 e. The molecular weight excluding hydrogens is 210 g/mol. The van der Waals surface area contributed by atoms with Gasteiger partial charge >= 0.3 is 0 Å². The van der Waals surface area contributed by atoms with Crippen molar-refractivity contribution in [3.05, 3.63) is 34.8 Å². The topological polar surface area (TPSA) is 25.5 Å². The third kappa shape index (κ3) is 2.57. The normalized spacial score (nSPS) is 14.2. The summed E-state index contributed by atoms with van der Waals surface area (Å²) in [6.45, 7) is 5.02. The second kappa shape index (κ2) is 5.67. The van der Waals surface area contributed by atoms with Gasteiger partial charge in [-0.1, -0.05) is 25.2 Å². The predicted molar refractivity (Wildman–Crippen MR) is 73.5 cm³/mol. The van der Waals surface area contributed by atoms with Crippen molar-refractivity contribution in [3.8, 4) is 0 Å². The number of furan rings is 1. The smallest absolute Gasteiger partial charge is 0.134 e. The lowest BCUT2D eigenvalue weighted by Crippen LogP contribution is -1.90. The Balaban J connectivity index is 2.47. The van der Waals surface area contributed by atoms with Gasteiger partial charge in [-0.15, -0.1) is 0 Å². The van der Waals surface area contributed by atoms with Crippen molar-refractivity contribution in [2.75, 3.05) is 6.54 Å². The van der Waals surface area contributed by atoms with Crippen LogP contribution in [0.3, 0.4) is 0 Å². The Kier molecular flexibility index (Phi) is 3.97. The van der Waals surface area contributed by atoms with Crippen LogP contribution >= 0.6 is 0 Å². The van der Waals surface area contributed by atoms with Crippen molar-refractivity contribution in [1.29, 1.82) is 0 Å². The molecule has 0 aromatic carbocycles. The largest absolute Gasteiger partial charge is 0.460 e. The van der Waals surface area contributed by atoms with E-state index in [9.17, 15) is 0 Å². The van der Waals surface area contributed by atoms with E-state index >= 15 is 0 Å². The summed E-state index contributed by atoms with van der Waals surface area (Å²) in [4.78, 5) is 4.35. The van der Waals surface area contributed by atoms with Crippen LogP contribution in [0, 0.1) is 0 Å². The molecule has 0 saturated carbocycles. The number of nitrogens with zero attached hydrogens (tertiary/aromatic N) is 1. The van der Waals surface area contributed by atoms with E-state index in [1.54, 1.807) is 0 Å². The molecule has 17 heavy (non-hydrogen) atoms. The molecule has 0 aliphatic heterocycles. The third-order valence-electron chi connectivity index (χ3n) is 2.80. The molecule has 0 amide bonds. The maximum absolute atomic E-state index is 5.93. The minimum Gasteiger partial charge on any atom is -0.460 e. The zero-order valence-electron chi connectivity index (χ0n) is 10.6. The molecule has 0 saturated heterocycles. The first-order chi connectivity index (χ1) is 8.36. The molecule has 1 aromatic rings. The van der Waals surface area contributed by atoms with E-state index in [4.69, 9.17) is 4.42 Å². The van der Waals surface area contributed by atoms with Gasteiger partial charge in [0.2, 0.25) is 0 Å². The molecule has 0 bridgehead atoms. The molecule has 90 valence electrons. The first-order valence-electron chi connectivity index (χ1n) is 6.35. The average Bonchev–Trinajstić information content (AvgIpc) is 2.51. The lowest BCUT2D eigenvalue weighted by molar-refractivity contribution is 0.497. The number of allylic oxidation sites excluding steroid dienone is 2. The summed E-state index contributed by atoms with van der Waals surface area (Å²) in [5.41, 5.74) is 2.34. The minimum atomic E-state index is 0.811. The molecule has 0 fully saturated rings. The first kappa shape index (κ1) is 11.9. The fourth-order valence-corrected chi connectivity index (χ4v) is 2.00. The lowest BCUT2D eigenvalue weighted by atomic mass is 10.1. The number of hydrogen-bond acceptors (Lipinski definition) is 2. The van der Waals surface area contributed by atoms with Crippen LogP contribution in [0.5, 0.6) is 0 Å². The van der Waals surface area contributed by atoms with Crippen LogP contribution in [-0.4, -0.2) is 12.8 Å². The molecule has 0 atom stereocenters. The number of hydrogen-bond donors (Lipinski definition) is 0. The molecule has 0 unspecified atom stereocenters. The summed E-state index contributed by atoms with van der Waals surface area (Å²) in [6, 6.07) is 0. The highest BCUT2D eigenvalue weighted by atomic mass is 16.3. The Morgan fingerprint density at radius 1 is 1.29 bits per heavy atom. The number of fused-ring (bicyclic) bond motifs is 1. The van der Waals surface area contributed by atoms with Crippen molar-refractivity contribution in [3.63, 3.8) is 0 Å². The summed E-state index contributed by atoms with van der Waals surface area (Å²) >= 11 is 0. The Labute approximate surface area is 103 Å². The van der Waals surface area contributed by atoms with E-state index in [-0.39, 0.29) is 0 Å². The molecule has 2 nitrogen and oxygen atoms in total. The molecule has 2 heteroatoms. The zero-order valence-corrected chi connectivity index (χ0v) is 10.6. The molecular formula is C15H19NO. The quantitative estimate of drug-likeness (QED) is 0.713. The first-order valence-corrected chi connectivity index (χ1v) is 6.35. The van der Waals surface area contributed by atoms with Crippen LogP contribution < -0.4 is 0 Å². The van der Waals surface area contributed by atoms with Crippen LogP contribution in [0.4, 0.5) is 0 Å². The summed E-state index contributed by atoms with van der Waals surface area (Å²) in [6.07, 6.45) is 13.5. The Morgan fingerprint density at radius 3 is 2.88 bits per heavy atom. The van der Waals surface area contributed by atoms with Gasteiger partial charge in [0.05, 0.1) is 0 Å². The van der Waals surface area contributed by atoms with Crippen LogP contribution in [0.2, 0.25) is 0 Å². The van der Waals surface area contributed by atoms with Gasteiger partial charge < -0.3 is 4.42 Å². The maximum atomic E-state index is 5.93. The van der Waals surface area contributed by atoms with Crippen molar-refractivity contribution in [2.24, 2.45) is 4.99 Å². The van der Waals surface area contributed by atoms with Gasteiger partial charge in [0.25, 0.3) is 0 Å². The lowest BCUT2D eigenvalue weighted by Gasteiger charge is -1.96. The standard InChI is InChI=1S/C15H19NO/c1-3-8-14-13(11-16-4-2)12-9-6-5-7-10-15(12)17-14/h6-7,9-11H,3-5,8H2,1-2H3. The van der Waals surface area contributed by atoms with Crippen molar-refractivity contribution >= 4 is 18.4 Å². The Bertz CT molecular complexity index is 464. The molecule has 1 heterocycles. The van der Waals surface area contributed by atoms with E-state index in [0.717, 1.165) is 42.9 Å². The van der Waals surface area contributed by atoms with E-state index in [1.165, 1.54) is 5.56 Å². The number of aryl methyl sites for hydroxylation is 1. The molecule has 1 aliphatic rings. The van der Waals surface area contributed by atoms with Crippen molar-refractivity contribution in [2.45, 2.75) is 33.1 Å². The highest BCUT2D eigenvalue weighted by Gasteiger charge is 2.15. The fourth-order valence-electron chi connectivity index (χ4n) is 2.00. The van der Waals surface area contributed by atoms with Gasteiger partial charge in [0.1, 0.15) is 11.5 Å². The number of rotatable bonds is 4. The van der Waals surface area contributed by atoms with Gasteiger partial charge in [0, 0.05) is 30.3 Å². The van der Waals surface area contributed by atoms with Gasteiger partial charge in [0.15, 0.2) is 0 Å². The average molecular weight is 229 g/mol. The molecule has 0 radical (unpaired) electrons. The number of aliphatic imine (C=N–C) groups is 1. The van der Waals surface area contributed by atoms with Gasteiger partial charge in [-0.05, 0) is 25.8 Å². The molecule has 2 rings (SSSR count). The SMILES string of the molecule is CCCc1oc2c(c1C=NCC)C=CCC=C2. The van der Waals surface area contributed by atoms with Gasteiger partial charge in [-0.25, -0.2) is 0 Å². The minimum absolute atomic E-state index is 0.811. The second-order valence-electron chi connectivity index (χ2n) is 4.14.